The van der Waals surface area contributed by atoms with Gasteiger partial charge in [-0.3, -0.25) is 9.79 Å². The van der Waals surface area contributed by atoms with Gasteiger partial charge in [0, 0.05) is 38.2 Å². The maximum Gasteiger partial charge on any atom is 0.251 e. The minimum atomic E-state index is -0.0807. The van der Waals surface area contributed by atoms with Crippen LogP contribution >= 0.6 is 0 Å². The Hall–Kier alpha value is -2.82. The quantitative estimate of drug-likeness (QED) is 0.485. The van der Waals surface area contributed by atoms with E-state index in [1.54, 1.807) is 14.1 Å². The van der Waals surface area contributed by atoms with Gasteiger partial charge in [0.15, 0.2) is 5.96 Å². The summed E-state index contributed by atoms with van der Waals surface area (Å²) in [6, 6.07) is 18.3. The van der Waals surface area contributed by atoms with Gasteiger partial charge in [-0.15, -0.1) is 0 Å². The molecule has 0 saturated carbocycles. The minimum Gasteiger partial charge on any atom is -0.356 e. The standard InChI is InChI=1S/C23H32N4O/c1-5-23(6-2,20-13-8-7-9-14-20)17-27-22(25-4)26-16-18-11-10-12-19(15-18)21(28)24-3/h7-15H,5-6,16-17H2,1-4H3,(H,24,28)(H2,25,26,27). The summed E-state index contributed by atoms with van der Waals surface area (Å²) in [4.78, 5) is 16.2. The van der Waals surface area contributed by atoms with Gasteiger partial charge in [-0.05, 0) is 36.1 Å². The highest BCUT2D eigenvalue weighted by Crippen LogP contribution is 2.30. The molecule has 5 nitrogen and oxygen atoms in total. The van der Waals surface area contributed by atoms with Crippen LogP contribution in [0.5, 0.6) is 0 Å². The molecular formula is C23H32N4O. The third-order valence-corrected chi connectivity index (χ3v) is 5.43. The topological polar surface area (TPSA) is 65.5 Å². The molecule has 0 aromatic heterocycles. The summed E-state index contributed by atoms with van der Waals surface area (Å²) in [5, 5.41) is 9.49. The highest BCUT2D eigenvalue weighted by Gasteiger charge is 2.28. The van der Waals surface area contributed by atoms with Crippen molar-refractivity contribution in [3.05, 3.63) is 71.3 Å². The first-order chi connectivity index (χ1) is 13.6. The van der Waals surface area contributed by atoms with Gasteiger partial charge in [0.05, 0.1) is 0 Å². The number of benzene rings is 2. The van der Waals surface area contributed by atoms with Crippen molar-refractivity contribution in [2.45, 2.75) is 38.6 Å². The Morgan fingerprint density at radius 1 is 1.00 bits per heavy atom. The zero-order valence-corrected chi connectivity index (χ0v) is 17.4. The maximum absolute atomic E-state index is 11.8. The molecule has 0 aliphatic carbocycles. The first-order valence-electron chi connectivity index (χ1n) is 9.89. The lowest BCUT2D eigenvalue weighted by molar-refractivity contribution is 0.0963. The molecule has 3 N–H and O–H groups in total. The smallest absolute Gasteiger partial charge is 0.251 e. The van der Waals surface area contributed by atoms with E-state index in [0.29, 0.717) is 12.1 Å². The molecule has 0 aliphatic rings. The van der Waals surface area contributed by atoms with Crippen molar-refractivity contribution in [2.24, 2.45) is 4.99 Å². The molecule has 28 heavy (non-hydrogen) atoms. The zero-order valence-electron chi connectivity index (χ0n) is 17.4. The number of guanidine groups is 1. The van der Waals surface area contributed by atoms with Crippen LogP contribution in [0.4, 0.5) is 0 Å². The molecule has 2 rings (SSSR count). The number of nitrogens with zero attached hydrogens (tertiary/aromatic N) is 1. The summed E-state index contributed by atoms with van der Waals surface area (Å²) in [5.74, 6) is 0.676. The van der Waals surface area contributed by atoms with Crippen LogP contribution in [-0.2, 0) is 12.0 Å². The van der Waals surface area contributed by atoms with Crippen molar-refractivity contribution >= 4 is 11.9 Å². The Bertz CT molecular complexity index is 782. The predicted octanol–water partition coefficient (Wildman–Crippen LogP) is 3.47. The molecule has 0 saturated heterocycles. The van der Waals surface area contributed by atoms with Crippen molar-refractivity contribution in [1.82, 2.24) is 16.0 Å². The predicted molar refractivity (Wildman–Crippen MR) is 117 cm³/mol. The van der Waals surface area contributed by atoms with E-state index in [1.807, 2.05) is 24.3 Å². The van der Waals surface area contributed by atoms with Gasteiger partial charge in [-0.25, -0.2) is 0 Å². The van der Waals surface area contributed by atoms with Crippen LogP contribution in [0.3, 0.4) is 0 Å². The zero-order chi connectivity index (χ0) is 20.4. The number of aliphatic imine (C=N–C) groups is 1. The van der Waals surface area contributed by atoms with Crippen LogP contribution in [0, 0.1) is 0 Å². The molecule has 5 heteroatoms. The first-order valence-corrected chi connectivity index (χ1v) is 9.89. The van der Waals surface area contributed by atoms with Crippen molar-refractivity contribution in [2.75, 3.05) is 20.6 Å². The van der Waals surface area contributed by atoms with E-state index in [2.05, 4.69) is 65.1 Å². The molecule has 0 radical (unpaired) electrons. The molecule has 0 spiro atoms. The molecule has 0 heterocycles. The molecular weight excluding hydrogens is 348 g/mol. The van der Waals surface area contributed by atoms with E-state index in [0.717, 1.165) is 30.9 Å². The minimum absolute atomic E-state index is 0.0675. The molecule has 0 bridgehead atoms. The summed E-state index contributed by atoms with van der Waals surface area (Å²) in [6.07, 6.45) is 2.09. The lowest BCUT2D eigenvalue weighted by atomic mass is 9.76. The fourth-order valence-corrected chi connectivity index (χ4v) is 3.43. The summed E-state index contributed by atoms with van der Waals surface area (Å²) in [5.41, 5.74) is 3.10. The molecule has 0 unspecified atom stereocenters. The monoisotopic (exact) mass is 380 g/mol. The van der Waals surface area contributed by atoms with E-state index in [9.17, 15) is 4.79 Å². The van der Waals surface area contributed by atoms with Gasteiger partial charge in [0.25, 0.3) is 5.91 Å². The second kappa shape index (κ2) is 10.5. The van der Waals surface area contributed by atoms with Crippen molar-refractivity contribution in [1.29, 1.82) is 0 Å². The number of carbonyl (C=O) groups is 1. The largest absolute Gasteiger partial charge is 0.356 e. The maximum atomic E-state index is 11.8. The van der Waals surface area contributed by atoms with Gasteiger partial charge in [0.1, 0.15) is 0 Å². The number of nitrogens with one attached hydrogen (secondary N) is 3. The SMILES string of the molecule is CCC(CC)(CNC(=NC)NCc1cccc(C(=O)NC)c1)c1ccccc1. The number of hydrogen-bond donors (Lipinski definition) is 3. The fraction of sp³-hybridized carbons (Fsp3) is 0.391. The van der Waals surface area contributed by atoms with E-state index < -0.39 is 0 Å². The molecule has 0 fully saturated rings. The first kappa shape index (κ1) is 21.5. The summed E-state index contributed by atoms with van der Waals surface area (Å²) in [6.45, 7) is 5.88. The number of hydrogen-bond acceptors (Lipinski definition) is 2. The molecule has 2 aromatic carbocycles. The number of amides is 1. The number of carbonyl (C=O) groups excluding carboxylic acids is 1. The van der Waals surface area contributed by atoms with Crippen LogP contribution in [0.2, 0.25) is 0 Å². The molecule has 1 amide bonds. The van der Waals surface area contributed by atoms with E-state index >= 15 is 0 Å². The van der Waals surface area contributed by atoms with Gasteiger partial charge in [-0.2, -0.15) is 0 Å². The highest BCUT2D eigenvalue weighted by atomic mass is 16.1. The van der Waals surface area contributed by atoms with Crippen molar-refractivity contribution in [3.63, 3.8) is 0 Å². The van der Waals surface area contributed by atoms with Crippen LogP contribution in [0.25, 0.3) is 0 Å². The third-order valence-electron chi connectivity index (χ3n) is 5.43. The summed E-state index contributed by atoms with van der Waals surface area (Å²) >= 11 is 0. The van der Waals surface area contributed by atoms with Crippen LogP contribution in [0.15, 0.2) is 59.6 Å². The van der Waals surface area contributed by atoms with Crippen LogP contribution < -0.4 is 16.0 Å². The third kappa shape index (κ3) is 5.35. The van der Waals surface area contributed by atoms with E-state index in [4.69, 9.17) is 0 Å². The Morgan fingerprint density at radius 3 is 2.32 bits per heavy atom. The second-order valence-electron chi connectivity index (χ2n) is 6.91. The summed E-state index contributed by atoms with van der Waals surface area (Å²) in [7, 11) is 3.41. The Kier molecular flexibility index (Phi) is 8.05. The molecule has 0 atom stereocenters. The van der Waals surface area contributed by atoms with E-state index in [-0.39, 0.29) is 11.3 Å². The van der Waals surface area contributed by atoms with Crippen LogP contribution in [-0.4, -0.2) is 32.5 Å². The Morgan fingerprint density at radius 2 is 1.71 bits per heavy atom. The molecule has 0 aliphatic heterocycles. The lowest BCUT2D eigenvalue weighted by Gasteiger charge is -2.33. The average molecular weight is 381 g/mol. The normalized spacial score (nSPS) is 11.8. The summed E-state index contributed by atoms with van der Waals surface area (Å²) < 4.78 is 0. The van der Waals surface area contributed by atoms with Crippen LogP contribution in [0.1, 0.15) is 48.2 Å². The Labute approximate surface area is 168 Å². The number of rotatable bonds is 8. The average Bonchev–Trinajstić information content (AvgIpc) is 2.77. The van der Waals surface area contributed by atoms with Gasteiger partial charge in [-0.1, -0.05) is 56.3 Å². The van der Waals surface area contributed by atoms with Crippen molar-refractivity contribution in [3.8, 4) is 0 Å². The fourth-order valence-electron chi connectivity index (χ4n) is 3.43. The van der Waals surface area contributed by atoms with Gasteiger partial charge >= 0.3 is 0 Å². The second-order valence-corrected chi connectivity index (χ2v) is 6.91. The van der Waals surface area contributed by atoms with Gasteiger partial charge in [0.2, 0.25) is 0 Å². The Balaban J connectivity index is 2.02. The molecule has 2 aromatic rings. The molecule has 150 valence electrons. The lowest BCUT2D eigenvalue weighted by Crippen LogP contribution is -2.45. The van der Waals surface area contributed by atoms with Crippen molar-refractivity contribution < 1.29 is 4.79 Å². The van der Waals surface area contributed by atoms with E-state index in [1.165, 1.54) is 5.56 Å². The highest BCUT2D eigenvalue weighted by molar-refractivity contribution is 5.94. The van der Waals surface area contributed by atoms with Gasteiger partial charge < -0.3 is 16.0 Å².